The first-order valence-corrected chi connectivity index (χ1v) is 9.53. The summed E-state index contributed by atoms with van der Waals surface area (Å²) in [6, 6.07) is 9.48. The van der Waals surface area contributed by atoms with Crippen molar-refractivity contribution in [3.63, 3.8) is 0 Å². The van der Waals surface area contributed by atoms with E-state index in [1.54, 1.807) is 12.4 Å². The fourth-order valence-corrected chi connectivity index (χ4v) is 3.68. The van der Waals surface area contributed by atoms with E-state index in [4.69, 9.17) is 0 Å². The van der Waals surface area contributed by atoms with E-state index in [0.29, 0.717) is 6.54 Å². The molecular weight excluding hydrogens is 340 g/mol. The van der Waals surface area contributed by atoms with Gasteiger partial charge >= 0.3 is 0 Å². The van der Waals surface area contributed by atoms with Crippen molar-refractivity contribution >= 4 is 11.6 Å². The predicted octanol–water partition coefficient (Wildman–Crippen LogP) is 2.01. The van der Waals surface area contributed by atoms with Crippen molar-refractivity contribution < 1.29 is 4.79 Å². The number of hydrogen-bond donors (Lipinski definition) is 1. The quantitative estimate of drug-likeness (QED) is 0.649. The molecule has 0 aliphatic carbocycles. The summed E-state index contributed by atoms with van der Waals surface area (Å²) in [6.45, 7) is 2.53. The Kier molecular flexibility index (Phi) is 5.39. The number of amides is 1. The lowest BCUT2D eigenvalue weighted by molar-refractivity contribution is -0.126. The summed E-state index contributed by atoms with van der Waals surface area (Å²) in [7, 11) is 0. The Hall–Kier alpha value is -2.80. The van der Waals surface area contributed by atoms with Crippen LogP contribution in [-0.4, -0.2) is 50.0 Å². The van der Waals surface area contributed by atoms with E-state index in [0.717, 1.165) is 55.8 Å². The van der Waals surface area contributed by atoms with Crippen LogP contribution in [0.2, 0.25) is 0 Å². The van der Waals surface area contributed by atoms with Crippen LogP contribution in [0.5, 0.6) is 0 Å². The smallest absolute Gasteiger partial charge is 0.242 e. The fraction of sp³-hybridized carbons (Fsp3) is 0.400. The second-order valence-electron chi connectivity index (χ2n) is 6.87. The number of likely N-dealkylation sites (tertiary alicyclic amines) is 1. The molecule has 0 radical (unpaired) electrons. The lowest BCUT2D eigenvalue weighted by atomic mass is 10.1. The van der Waals surface area contributed by atoms with Crippen molar-refractivity contribution in [1.82, 2.24) is 29.8 Å². The van der Waals surface area contributed by atoms with Gasteiger partial charge in [0.2, 0.25) is 5.91 Å². The van der Waals surface area contributed by atoms with E-state index in [9.17, 15) is 4.79 Å². The zero-order chi connectivity index (χ0) is 18.5. The maximum Gasteiger partial charge on any atom is 0.242 e. The normalized spacial score (nSPS) is 15.9. The maximum absolute atomic E-state index is 12.9. The van der Waals surface area contributed by atoms with Crippen LogP contribution in [0.1, 0.15) is 36.7 Å². The molecule has 7 nitrogen and oxygen atoms in total. The Labute approximate surface area is 158 Å². The minimum atomic E-state index is -0.255. The Morgan fingerprint density at radius 2 is 2.04 bits per heavy atom. The number of carbonyl (C=O) groups excluding carboxylic acids is 1. The SMILES string of the molecule is O=C(NCCCc1nnc2ccccn12)[C@@H](c1cccnc1)N1CCCC1. The number of aryl methyl sites for hydroxylation is 1. The van der Waals surface area contributed by atoms with Crippen molar-refractivity contribution in [3.05, 3.63) is 60.3 Å². The van der Waals surface area contributed by atoms with Gasteiger partial charge in [-0.2, -0.15) is 0 Å². The van der Waals surface area contributed by atoms with E-state index in [-0.39, 0.29) is 11.9 Å². The minimum absolute atomic E-state index is 0.0519. The second kappa shape index (κ2) is 8.26. The van der Waals surface area contributed by atoms with Crippen LogP contribution in [0.3, 0.4) is 0 Å². The van der Waals surface area contributed by atoms with Crippen LogP contribution in [-0.2, 0) is 11.2 Å². The van der Waals surface area contributed by atoms with Gasteiger partial charge in [-0.05, 0) is 56.1 Å². The lowest BCUT2D eigenvalue weighted by Gasteiger charge is -2.26. The highest BCUT2D eigenvalue weighted by atomic mass is 16.2. The van der Waals surface area contributed by atoms with Gasteiger partial charge in [-0.25, -0.2) is 0 Å². The number of hydrogen-bond acceptors (Lipinski definition) is 5. The molecule has 0 unspecified atom stereocenters. The molecule has 0 spiro atoms. The van der Waals surface area contributed by atoms with Gasteiger partial charge in [0.25, 0.3) is 0 Å². The highest BCUT2D eigenvalue weighted by molar-refractivity contribution is 5.83. The number of nitrogens with zero attached hydrogens (tertiary/aromatic N) is 5. The second-order valence-corrected chi connectivity index (χ2v) is 6.87. The molecule has 1 atom stereocenters. The molecule has 0 saturated carbocycles. The average molecular weight is 364 g/mol. The monoisotopic (exact) mass is 364 g/mol. The van der Waals surface area contributed by atoms with Crippen molar-refractivity contribution in [2.75, 3.05) is 19.6 Å². The van der Waals surface area contributed by atoms with Crippen molar-refractivity contribution in [1.29, 1.82) is 0 Å². The number of fused-ring (bicyclic) bond motifs is 1. The molecule has 1 amide bonds. The molecule has 0 bridgehead atoms. The summed E-state index contributed by atoms with van der Waals surface area (Å²) in [5, 5.41) is 11.5. The van der Waals surface area contributed by atoms with Gasteiger partial charge < -0.3 is 5.32 Å². The molecule has 4 heterocycles. The molecule has 1 N–H and O–H groups in total. The summed E-state index contributed by atoms with van der Waals surface area (Å²) in [6.07, 6.45) is 9.38. The molecule has 140 valence electrons. The molecule has 1 aliphatic rings. The number of rotatable bonds is 7. The molecule has 3 aromatic rings. The number of pyridine rings is 2. The molecule has 1 saturated heterocycles. The number of carbonyl (C=O) groups is 1. The molecule has 3 aromatic heterocycles. The summed E-state index contributed by atoms with van der Waals surface area (Å²) in [5.41, 5.74) is 1.81. The van der Waals surface area contributed by atoms with Crippen molar-refractivity contribution in [2.45, 2.75) is 31.7 Å². The predicted molar refractivity (Wildman–Crippen MR) is 102 cm³/mol. The third kappa shape index (κ3) is 3.98. The van der Waals surface area contributed by atoms with E-state index in [1.165, 1.54) is 0 Å². The first-order valence-electron chi connectivity index (χ1n) is 9.53. The number of nitrogens with one attached hydrogen (secondary N) is 1. The molecule has 27 heavy (non-hydrogen) atoms. The van der Waals surface area contributed by atoms with E-state index < -0.39 is 0 Å². The standard InChI is InChI=1S/C20H24N6O/c27-20(19(25-12-3-4-13-25)16-7-5-10-21-15-16)22-11-6-9-18-24-23-17-8-1-2-14-26(17)18/h1-2,5,7-8,10,14-15,19H,3-4,6,9,11-13H2,(H,22,27)/t19-/m1/s1. The Bertz CT molecular complexity index is 888. The zero-order valence-corrected chi connectivity index (χ0v) is 15.3. The molecule has 7 heteroatoms. The maximum atomic E-state index is 12.9. The van der Waals surface area contributed by atoms with Gasteiger partial charge in [-0.15, -0.1) is 10.2 Å². The van der Waals surface area contributed by atoms with Crippen LogP contribution in [0.25, 0.3) is 5.65 Å². The molecule has 1 aliphatic heterocycles. The van der Waals surface area contributed by atoms with Crippen LogP contribution in [0.4, 0.5) is 0 Å². The van der Waals surface area contributed by atoms with Gasteiger partial charge in [0.15, 0.2) is 5.65 Å². The third-order valence-electron chi connectivity index (χ3n) is 5.02. The van der Waals surface area contributed by atoms with Gasteiger partial charge in [0.1, 0.15) is 11.9 Å². The first-order chi connectivity index (χ1) is 13.3. The summed E-state index contributed by atoms with van der Waals surface area (Å²) in [5.74, 6) is 0.971. The topological polar surface area (TPSA) is 75.4 Å². The lowest BCUT2D eigenvalue weighted by Crippen LogP contribution is -2.39. The number of aromatic nitrogens is 4. The zero-order valence-electron chi connectivity index (χ0n) is 15.3. The van der Waals surface area contributed by atoms with Crippen LogP contribution in [0, 0.1) is 0 Å². The van der Waals surface area contributed by atoms with Gasteiger partial charge in [-0.1, -0.05) is 12.1 Å². The molecule has 1 fully saturated rings. The van der Waals surface area contributed by atoms with Crippen LogP contribution in [0.15, 0.2) is 48.9 Å². The van der Waals surface area contributed by atoms with E-state index >= 15 is 0 Å². The van der Waals surface area contributed by atoms with Gasteiger partial charge in [-0.3, -0.25) is 19.1 Å². The first kappa shape index (κ1) is 17.6. The van der Waals surface area contributed by atoms with E-state index in [1.807, 2.05) is 40.9 Å². The van der Waals surface area contributed by atoms with Crippen molar-refractivity contribution in [2.24, 2.45) is 0 Å². The fourth-order valence-electron chi connectivity index (χ4n) is 3.68. The Balaban J connectivity index is 1.35. The third-order valence-corrected chi connectivity index (χ3v) is 5.02. The van der Waals surface area contributed by atoms with Crippen LogP contribution >= 0.6 is 0 Å². The largest absolute Gasteiger partial charge is 0.354 e. The summed E-state index contributed by atoms with van der Waals surface area (Å²) in [4.78, 5) is 19.3. The van der Waals surface area contributed by atoms with E-state index in [2.05, 4.69) is 25.4 Å². The van der Waals surface area contributed by atoms with Gasteiger partial charge in [0, 0.05) is 31.6 Å². The van der Waals surface area contributed by atoms with Crippen LogP contribution < -0.4 is 5.32 Å². The minimum Gasteiger partial charge on any atom is -0.354 e. The summed E-state index contributed by atoms with van der Waals surface area (Å²) >= 11 is 0. The highest BCUT2D eigenvalue weighted by Gasteiger charge is 2.29. The van der Waals surface area contributed by atoms with Gasteiger partial charge in [0.05, 0.1) is 0 Å². The van der Waals surface area contributed by atoms with Crippen molar-refractivity contribution in [3.8, 4) is 0 Å². The Morgan fingerprint density at radius 3 is 2.85 bits per heavy atom. The molecule has 4 rings (SSSR count). The average Bonchev–Trinajstić information content (AvgIpc) is 3.37. The highest BCUT2D eigenvalue weighted by Crippen LogP contribution is 2.24. The molecule has 0 aromatic carbocycles. The summed E-state index contributed by atoms with van der Waals surface area (Å²) < 4.78 is 1.99. The Morgan fingerprint density at radius 1 is 1.15 bits per heavy atom. The molecular formula is C20H24N6O.